The van der Waals surface area contributed by atoms with Crippen LogP contribution >= 0.6 is 47.8 Å². The minimum Gasteiger partial charge on any atom is -0.416 e. The summed E-state index contributed by atoms with van der Waals surface area (Å²) in [7, 11) is 0. The molecule has 0 N–H and O–H groups in total. The number of ether oxygens (including phenoxy) is 1. The molecule has 0 aromatic carbocycles. The number of hydrogen-bond acceptors (Lipinski definition) is 2. The van der Waals surface area contributed by atoms with E-state index < -0.39 is 6.61 Å². The molecule has 0 aliphatic rings. The molecule has 0 saturated heterocycles. The molecule has 1 heterocycles. The molecule has 0 radical (unpaired) electrons. The Bertz CT molecular complexity index is 324. The van der Waals surface area contributed by atoms with Crippen LogP contribution < -0.4 is 4.74 Å². The second-order valence-corrected chi connectivity index (χ2v) is 6.05. The van der Waals surface area contributed by atoms with E-state index in [1.807, 2.05) is 13.8 Å². The molecule has 0 bridgehead atoms. The fourth-order valence-corrected chi connectivity index (χ4v) is 2.71. The lowest BCUT2D eigenvalue weighted by Crippen LogP contribution is -2.05. The smallest absolute Gasteiger partial charge is 0.388 e. The Labute approximate surface area is 118 Å². The van der Waals surface area contributed by atoms with Gasteiger partial charge in [-0.15, -0.1) is 0 Å². The zero-order valence-electron chi connectivity index (χ0n) is 8.55. The largest absolute Gasteiger partial charge is 0.416 e. The van der Waals surface area contributed by atoms with Gasteiger partial charge in [0.25, 0.3) is 0 Å². The van der Waals surface area contributed by atoms with Crippen molar-refractivity contribution >= 4 is 47.8 Å². The van der Waals surface area contributed by atoms with E-state index in [1.165, 1.54) is 6.20 Å². The van der Waals surface area contributed by atoms with Gasteiger partial charge in [-0.05, 0) is 27.6 Å². The number of rotatable bonds is 3. The number of pyridine rings is 1. The number of nitrogens with zero attached hydrogens (tertiary/aromatic N) is 1. The van der Waals surface area contributed by atoms with E-state index in [9.17, 15) is 8.78 Å². The van der Waals surface area contributed by atoms with E-state index in [0.29, 0.717) is 4.47 Å². The highest BCUT2D eigenvalue weighted by Gasteiger charge is 2.15. The highest BCUT2D eigenvalue weighted by atomic mass is 79.9. The van der Waals surface area contributed by atoms with Crippen LogP contribution in [0.25, 0.3) is 0 Å². The molecule has 0 saturated carbocycles. The summed E-state index contributed by atoms with van der Waals surface area (Å²) in [5, 5.41) is 0. The minimum absolute atomic E-state index is 0.124. The van der Waals surface area contributed by atoms with Crippen LogP contribution in [0.3, 0.4) is 0 Å². The van der Waals surface area contributed by atoms with Crippen molar-refractivity contribution in [2.75, 3.05) is 0 Å². The summed E-state index contributed by atoms with van der Waals surface area (Å²) in [4.78, 5) is 3.67. The second kappa shape index (κ2) is 8.36. The molecule has 0 fully saturated rings. The van der Waals surface area contributed by atoms with Gasteiger partial charge in [0.15, 0.2) is 0 Å². The van der Waals surface area contributed by atoms with Crippen LogP contribution in [0.1, 0.15) is 23.1 Å². The summed E-state index contributed by atoms with van der Waals surface area (Å²) >= 11 is 9.63. The molecule has 1 aromatic rings. The third-order valence-corrected chi connectivity index (χ3v) is 3.11. The summed E-state index contributed by atoms with van der Waals surface area (Å²) in [6.45, 7) is 1.12. The number of alkyl halides is 4. The van der Waals surface area contributed by atoms with Gasteiger partial charge in [0.1, 0.15) is 0 Å². The van der Waals surface area contributed by atoms with Crippen LogP contribution in [-0.4, -0.2) is 11.6 Å². The Hall–Kier alpha value is 0.250. The van der Waals surface area contributed by atoms with Crippen molar-refractivity contribution in [3.63, 3.8) is 0 Å². The summed E-state index contributed by atoms with van der Waals surface area (Å²) < 4.78 is 28.3. The average Bonchev–Trinajstić information content (AvgIpc) is 2.23. The minimum atomic E-state index is -2.88. The average molecular weight is 426 g/mol. The molecule has 0 atom stereocenters. The van der Waals surface area contributed by atoms with Gasteiger partial charge in [0.05, 0.1) is 8.21 Å². The third-order valence-electron chi connectivity index (χ3n) is 1.32. The maximum Gasteiger partial charge on any atom is 0.388 e. The van der Waals surface area contributed by atoms with E-state index in [1.54, 1.807) is 6.07 Å². The highest BCUT2D eigenvalue weighted by Crippen LogP contribution is 2.38. The SMILES string of the molecule is CC.FC(F)Oc1nccc(C(Br)Br)c1Br. The molecule has 92 valence electrons. The molecular weight excluding hydrogens is 416 g/mol. The maximum absolute atomic E-state index is 11.9. The number of aromatic nitrogens is 1. The van der Waals surface area contributed by atoms with Crippen molar-refractivity contribution in [1.82, 2.24) is 4.98 Å². The van der Waals surface area contributed by atoms with E-state index in [-0.39, 0.29) is 9.62 Å². The van der Waals surface area contributed by atoms with Crippen LogP contribution in [-0.2, 0) is 0 Å². The van der Waals surface area contributed by atoms with E-state index in [0.717, 1.165) is 5.56 Å². The van der Waals surface area contributed by atoms with Crippen LogP contribution in [0.4, 0.5) is 8.78 Å². The molecule has 0 spiro atoms. The third kappa shape index (κ3) is 5.05. The number of hydrogen-bond donors (Lipinski definition) is 0. The first-order chi connectivity index (χ1) is 7.52. The fraction of sp³-hybridized carbons (Fsp3) is 0.444. The monoisotopic (exact) mass is 423 g/mol. The Balaban J connectivity index is 0.00000106. The summed E-state index contributed by atoms with van der Waals surface area (Å²) in [6, 6.07) is 1.68. The van der Waals surface area contributed by atoms with Gasteiger partial charge in [-0.1, -0.05) is 45.7 Å². The van der Waals surface area contributed by atoms with Crippen molar-refractivity contribution in [3.8, 4) is 5.88 Å². The van der Waals surface area contributed by atoms with Crippen molar-refractivity contribution in [1.29, 1.82) is 0 Å². The quantitative estimate of drug-likeness (QED) is 0.616. The molecule has 7 heteroatoms. The van der Waals surface area contributed by atoms with E-state index in [2.05, 4.69) is 57.5 Å². The predicted molar refractivity (Wildman–Crippen MR) is 70.5 cm³/mol. The Kier molecular flexibility index (Phi) is 8.49. The van der Waals surface area contributed by atoms with Crippen LogP contribution in [0, 0.1) is 0 Å². The lowest BCUT2D eigenvalue weighted by atomic mass is 10.3. The fourth-order valence-electron chi connectivity index (χ4n) is 0.774. The molecule has 0 unspecified atom stereocenters. The van der Waals surface area contributed by atoms with Crippen molar-refractivity contribution < 1.29 is 13.5 Å². The standard InChI is InChI=1S/C7H4Br3F2NO.C2H6/c8-4-3(5(9)10)1-2-13-6(4)14-7(11)12;1-2/h1-2,5,7H;1-2H3. The van der Waals surface area contributed by atoms with E-state index in [4.69, 9.17) is 0 Å². The van der Waals surface area contributed by atoms with Gasteiger partial charge in [-0.3, -0.25) is 0 Å². The van der Waals surface area contributed by atoms with Crippen molar-refractivity contribution in [2.45, 2.75) is 24.2 Å². The molecule has 2 nitrogen and oxygen atoms in total. The van der Waals surface area contributed by atoms with Gasteiger partial charge < -0.3 is 4.74 Å². The van der Waals surface area contributed by atoms with Crippen LogP contribution in [0.5, 0.6) is 5.88 Å². The van der Waals surface area contributed by atoms with E-state index >= 15 is 0 Å². The molecule has 0 aliphatic heterocycles. The lowest BCUT2D eigenvalue weighted by Gasteiger charge is -2.09. The Morgan fingerprint density at radius 2 is 1.88 bits per heavy atom. The summed E-state index contributed by atoms with van der Waals surface area (Å²) in [6.07, 6.45) is 1.40. The van der Waals surface area contributed by atoms with Gasteiger partial charge in [-0.2, -0.15) is 8.78 Å². The number of halogens is 5. The van der Waals surface area contributed by atoms with Crippen LogP contribution in [0.15, 0.2) is 16.7 Å². The summed E-state index contributed by atoms with van der Waals surface area (Å²) in [5.41, 5.74) is 0.732. The first-order valence-corrected chi connectivity index (χ1v) is 7.02. The first kappa shape index (κ1) is 16.2. The maximum atomic E-state index is 11.9. The van der Waals surface area contributed by atoms with Crippen molar-refractivity contribution in [3.05, 3.63) is 22.3 Å². The lowest BCUT2D eigenvalue weighted by molar-refractivity contribution is -0.0534. The molecule has 1 aromatic heterocycles. The Morgan fingerprint density at radius 3 is 2.31 bits per heavy atom. The second-order valence-electron chi connectivity index (χ2n) is 2.20. The molecule has 16 heavy (non-hydrogen) atoms. The first-order valence-electron chi connectivity index (χ1n) is 4.39. The van der Waals surface area contributed by atoms with Gasteiger partial charge in [0, 0.05) is 6.20 Å². The zero-order chi connectivity index (χ0) is 12.7. The highest BCUT2D eigenvalue weighted by molar-refractivity contribution is 9.24. The van der Waals surface area contributed by atoms with Gasteiger partial charge >= 0.3 is 6.61 Å². The molecule has 0 aliphatic carbocycles. The topological polar surface area (TPSA) is 22.1 Å². The summed E-state index contributed by atoms with van der Waals surface area (Å²) in [5.74, 6) is -0.124. The van der Waals surface area contributed by atoms with Crippen LogP contribution in [0.2, 0.25) is 0 Å². The molecule has 0 amide bonds. The normalized spacial score (nSPS) is 10.1. The molecule has 1 rings (SSSR count). The van der Waals surface area contributed by atoms with Crippen molar-refractivity contribution in [2.24, 2.45) is 0 Å². The van der Waals surface area contributed by atoms with Gasteiger partial charge in [0.2, 0.25) is 5.88 Å². The predicted octanol–water partition coefficient (Wildman–Crippen LogP) is 5.26. The van der Waals surface area contributed by atoms with Gasteiger partial charge in [-0.25, -0.2) is 4.98 Å². The Morgan fingerprint density at radius 1 is 1.31 bits per heavy atom. The molecular formula is C9H10Br3F2NO. The zero-order valence-corrected chi connectivity index (χ0v) is 13.3.